The van der Waals surface area contributed by atoms with E-state index in [0.717, 1.165) is 65.6 Å². The predicted octanol–water partition coefficient (Wildman–Crippen LogP) is 5.74. The highest BCUT2D eigenvalue weighted by molar-refractivity contribution is 6.01. The Morgan fingerprint density at radius 1 is 1.00 bits per heavy atom. The Balaban J connectivity index is 1.05. The summed E-state index contributed by atoms with van der Waals surface area (Å²) in [6.45, 7) is 4.13. The first-order valence-electron chi connectivity index (χ1n) is 13.1. The molecule has 33 heavy (non-hydrogen) atoms. The lowest BCUT2D eigenvalue weighted by atomic mass is 9.49. The third kappa shape index (κ3) is 4.89. The van der Waals surface area contributed by atoms with Crippen LogP contribution in [0.4, 0.5) is 11.5 Å². The van der Waals surface area contributed by atoms with E-state index in [9.17, 15) is 4.79 Å². The molecule has 0 saturated heterocycles. The lowest BCUT2D eigenvalue weighted by Gasteiger charge is -2.56. The van der Waals surface area contributed by atoms with Gasteiger partial charge in [0.2, 0.25) is 5.91 Å². The molecule has 1 aromatic heterocycles. The molecule has 0 spiro atoms. The molecule has 1 amide bonds. The van der Waals surface area contributed by atoms with Gasteiger partial charge in [-0.2, -0.15) is 0 Å². The van der Waals surface area contributed by atoms with Crippen molar-refractivity contribution in [1.82, 2.24) is 10.3 Å². The Kier molecular flexibility index (Phi) is 5.77. The molecule has 0 unspecified atom stereocenters. The Bertz CT molecular complexity index is 979. The molecule has 1 heterocycles. The van der Waals surface area contributed by atoms with Crippen molar-refractivity contribution in [3.8, 4) is 0 Å². The quantitative estimate of drug-likeness (QED) is 0.408. The highest BCUT2D eigenvalue weighted by Gasteiger charge is 2.51. The van der Waals surface area contributed by atoms with Crippen molar-refractivity contribution in [1.29, 1.82) is 0 Å². The van der Waals surface area contributed by atoms with Gasteiger partial charge in [-0.15, -0.1) is 0 Å². The average molecular weight is 446 g/mol. The Labute approximate surface area is 197 Å². The minimum atomic E-state index is 0.183. The van der Waals surface area contributed by atoms with Crippen molar-refractivity contribution in [2.45, 2.75) is 64.2 Å². The van der Waals surface area contributed by atoms with Crippen LogP contribution in [-0.2, 0) is 4.79 Å². The van der Waals surface area contributed by atoms with E-state index >= 15 is 0 Å². The highest BCUT2D eigenvalue weighted by atomic mass is 16.1. The van der Waals surface area contributed by atoms with Crippen LogP contribution in [0, 0.1) is 35.6 Å². The lowest BCUT2D eigenvalue weighted by Crippen LogP contribution is -2.47. The van der Waals surface area contributed by atoms with Gasteiger partial charge in [0.25, 0.3) is 0 Å². The van der Waals surface area contributed by atoms with Crippen LogP contribution in [0.2, 0.25) is 0 Å². The molecule has 1 aromatic carbocycles. The van der Waals surface area contributed by atoms with E-state index in [1.807, 2.05) is 24.3 Å². The molecule has 7 rings (SSSR count). The van der Waals surface area contributed by atoms with Gasteiger partial charge < -0.3 is 16.0 Å². The molecule has 5 nitrogen and oxygen atoms in total. The van der Waals surface area contributed by atoms with Crippen molar-refractivity contribution in [3.63, 3.8) is 0 Å². The number of carbonyl (C=O) groups is 1. The summed E-state index contributed by atoms with van der Waals surface area (Å²) in [5, 5.41) is 11.1. The molecule has 5 aliphatic carbocycles. The summed E-state index contributed by atoms with van der Waals surface area (Å²) < 4.78 is 0. The van der Waals surface area contributed by atoms with E-state index in [1.165, 1.54) is 51.4 Å². The summed E-state index contributed by atoms with van der Waals surface area (Å²) in [4.78, 5) is 17.9. The minimum absolute atomic E-state index is 0.183. The minimum Gasteiger partial charge on any atom is -0.370 e. The monoisotopic (exact) mass is 445 g/mol. The smallest absolute Gasteiger partial charge is 0.224 e. The van der Waals surface area contributed by atoms with Gasteiger partial charge in [0.15, 0.2) is 0 Å². The third-order valence-electron chi connectivity index (χ3n) is 8.49. The molecule has 2 aromatic rings. The summed E-state index contributed by atoms with van der Waals surface area (Å²) in [5.41, 5.74) is 2.08. The van der Waals surface area contributed by atoms with Gasteiger partial charge in [0.05, 0.1) is 11.2 Å². The Morgan fingerprint density at radius 2 is 1.76 bits per heavy atom. The molecule has 5 aliphatic rings. The highest BCUT2D eigenvalue weighted by Crippen LogP contribution is 2.61. The van der Waals surface area contributed by atoms with Gasteiger partial charge in [-0.3, -0.25) is 4.79 Å². The van der Waals surface area contributed by atoms with Crippen LogP contribution in [-0.4, -0.2) is 24.0 Å². The fourth-order valence-electron chi connectivity index (χ4n) is 7.32. The fraction of sp³-hybridized carbons (Fsp3) is 0.607. The molecule has 5 heteroatoms. The summed E-state index contributed by atoms with van der Waals surface area (Å²) in [7, 11) is 0. The maximum atomic E-state index is 13.1. The number of pyridine rings is 1. The molecule has 0 atom stereocenters. The van der Waals surface area contributed by atoms with E-state index in [-0.39, 0.29) is 11.3 Å². The molecule has 1 radical (unpaired) electrons. The van der Waals surface area contributed by atoms with Crippen molar-refractivity contribution in [2.24, 2.45) is 29.1 Å². The molecule has 175 valence electrons. The first-order valence-corrected chi connectivity index (χ1v) is 13.1. The second-order valence-electron chi connectivity index (χ2n) is 11.4. The number of nitrogens with zero attached hydrogens (tertiary/aromatic N) is 1. The number of fused-ring (bicyclic) bond motifs is 1. The molecule has 5 saturated carbocycles. The predicted molar refractivity (Wildman–Crippen MR) is 134 cm³/mol. The van der Waals surface area contributed by atoms with Crippen LogP contribution in [0.3, 0.4) is 0 Å². The van der Waals surface area contributed by atoms with E-state index in [2.05, 4.69) is 28.6 Å². The summed E-state index contributed by atoms with van der Waals surface area (Å²) >= 11 is 0. The number of rotatable bonds is 10. The van der Waals surface area contributed by atoms with Crippen LogP contribution in [0.25, 0.3) is 10.9 Å². The number of hydrogen-bond donors (Lipinski definition) is 3. The molecule has 5 fully saturated rings. The van der Waals surface area contributed by atoms with E-state index in [4.69, 9.17) is 4.98 Å². The van der Waals surface area contributed by atoms with Crippen LogP contribution >= 0.6 is 0 Å². The van der Waals surface area contributed by atoms with Crippen LogP contribution in [0.1, 0.15) is 64.2 Å². The number of hydrogen-bond acceptors (Lipinski definition) is 4. The van der Waals surface area contributed by atoms with Crippen molar-refractivity contribution >= 4 is 28.3 Å². The van der Waals surface area contributed by atoms with E-state index in [1.54, 1.807) is 0 Å². The zero-order valence-corrected chi connectivity index (χ0v) is 19.6. The standard InChI is InChI=1S/C28H37N4O/c33-27(17-28-14-20-11-21(15-28)13-22(12-20)16-28)32-25-4-1-3-24-23(25)7-8-26(31-24)30-10-2-9-29-18-19-5-6-19/h1,3-4,7-8,18-22,29H,2,5-6,9-17H2,(H,30,31)(H,32,33). The number of aromatic nitrogens is 1. The van der Waals surface area contributed by atoms with E-state index in [0.29, 0.717) is 6.42 Å². The summed E-state index contributed by atoms with van der Waals surface area (Å²) in [6, 6.07) is 10.2. The Morgan fingerprint density at radius 3 is 2.48 bits per heavy atom. The second-order valence-corrected chi connectivity index (χ2v) is 11.4. The van der Waals surface area contributed by atoms with Gasteiger partial charge in [-0.1, -0.05) is 6.07 Å². The van der Waals surface area contributed by atoms with Crippen molar-refractivity contribution < 1.29 is 4.79 Å². The number of carbonyl (C=O) groups excluding carboxylic acids is 1. The maximum absolute atomic E-state index is 13.1. The maximum Gasteiger partial charge on any atom is 0.224 e. The SMILES string of the molecule is O=C(CC12CC3CC(CC(C3)C1)C2)Nc1cccc2nc(NCCCN[CH]C3CC3)ccc12. The van der Waals surface area contributed by atoms with Crippen LogP contribution in [0.15, 0.2) is 30.3 Å². The molecular weight excluding hydrogens is 408 g/mol. The fourth-order valence-corrected chi connectivity index (χ4v) is 7.32. The van der Waals surface area contributed by atoms with Gasteiger partial charge in [-0.25, -0.2) is 4.98 Å². The van der Waals surface area contributed by atoms with E-state index < -0.39 is 0 Å². The normalized spacial score (nSPS) is 30.0. The first-order chi connectivity index (χ1) is 16.1. The number of benzene rings is 1. The molecule has 4 bridgehead atoms. The summed E-state index contributed by atoms with van der Waals surface area (Å²) in [6.07, 6.45) is 12.5. The first kappa shape index (κ1) is 21.4. The molecule has 3 N–H and O–H groups in total. The van der Waals surface area contributed by atoms with Crippen LogP contribution < -0.4 is 16.0 Å². The van der Waals surface area contributed by atoms with Gasteiger partial charge in [0.1, 0.15) is 5.82 Å². The molecule has 0 aliphatic heterocycles. The van der Waals surface area contributed by atoms with Gasteiger partial charge in [0, 0.05) is 24.9 Å². The number of anilines is 2. The second kappa shape index (κ2) is 8.90. The largest absolute Gasteiger partial charge is 0.370 e. The number of amides is 1. The topological polar surface area (TPSA) is 66.0 Å². The zero-order chi connectivity index (χ0) is 22.3. The van der Waals surface area contributed by atoms with Crippen molar-refractivity contribution in [3.05, 3.63) is 36.9 Å². The Hall–Kier alpha value is -2.14. The average Bonchev–Trinajstić information content (AvgIpc) is 3.59. The lowest BCUT2D eigenvalue weighted by molar-refractivity contribution is -0.124. The number of nitrogens with one attached hydrogen (secondary N) is 3. The van der Waals surface area contributed by atoms with Crippen molar-refractivity contribution in [2.75, 3.05) is 23.7 Å². The zero-order valence-electron chi connectivity index (χ0n) is 19.6. The van der Waals surface area contributed by atoms with Gasteiger partial charge in [-0.05, 0) is 118 Å². The van der Waals surface area contributed by atoms with Gasteiger partial charge >= 0.3 is 0 Å². The van der Waals surface area contributed by atoms with Crippen LogP contribution in [0.5, 0.6) is 0 Å². The third-order valence-corrected chi connectivity index (χ3v) is 8.49. The molecular formula is C28H37N4O. The summed E-state index contributed by atoms with van der Waals surface area (Å²) in [5.74, 6) is 4.52.